The Morgan fingerprint density at radius 1 is 1.17 bits per heavy atom. The fraction of sp³-hybridized carbons (Fsp3) is 0.292. The summed E-state index contributed by atoms with van der Waals surface area (Å²) in [5.74, 6) is -3.73. The maximum Gasteiger partial charge on any atom is 0.425 e. The summed E-state index contributed by atoms with van der Waals surface area (Å²) in [4.78, 5) is 21.2. The lowest BCUT2D eigenvalue weighted by atomic mass is 10.0. The third kappa shape index (κ3) is 5.90. The van der Waals surface area contributed by atoms with Gasteiger partial charge in [0.1, 0.15) is 23.0 Å². The van der Waals surface area contributed by atoms with Crippen LogP contribution < -0.4 is 10.1 Å². The minimum Gasteiger partial charge on any atom is -0.480 e. The zero-order valence-corrected chi connectivity index (χ0v) is 20.2. The van der Waals surface area contributed by atoms with E-state index in [9.17, 15) is 27.5 Å². The highest BCUT2D eigenvalue weighted by Crippen LogP contribution is 2.35. The van der Waals surface area contributed by atoms with Gasteiger partial charge in [-0.25, -0.2) is 13.8 Å². The van der Waals surface area contributed by atoms with Crippen molar-refractivity contribution >= 4 is 23.2 Å². The van der Waals surface area contributed by atoms with Gasteiger partial charge in [-0.1, -0.05) is 17.7 Å². The van der Waals surface area contributed by atoms with Gasteiger partial charge in [-0.05, 0) is 52.0 Å². The molecule has 0 aliphatic heterocycles. The summed E-state index contributed by atoms with van der Waals surface area (Å²) < 4.78 is 73.9. The fourth-order valence-corrected chi connectivity index (χ4v) is 3.50. The zero-order valence-electron chi connectivity index (χ0n) is 19.5. The standard InChI is InChI=1S/C24H21ClF5N3O3/c1-11-21(23(3,4)35)31-10-18(32-11)13-9-19(36-12(2)24(28,29)30)14(8-17(13)27)22(34)33-20-15(25)6-5-7-16(20)26/h5-10,12,35H,1-4H3,(H,33,34). The highest BCUT2D eigenvalue weighted by atomic mass is 35.5. The van der Waals surface area contributed by atoms with E-state index < -0.39 is 52.4 Å². The van der Waals surface area contributed by atoms with Gasteiger partial charge in [0.05, 0.1) is 39.6 Å². The van der Waals surface area contributed by atoms with Crippen molar-refractivity contribution in [2.45, 2.75) is 45.6 Å². The lowest BCUT2D eigenvalue weighted by Crippen LogP contribution is -2.32. The topological polar surface area (TPSA) is 84.3 Å². The number of hydrogen-bond donors (Lipinski definition) is 2. The average molecular weight is 530 g/mol. The SMILES string of the molecule is Cc1nc(-c2cc(OC(C)C(F)(F)F)c(C(=O)Nc3c(F)cccc3Cl)cc2F)cnc1C(C)(C)O. The number of aliphatic hydroxyl groups is 1. The second-order valence-corrected chi connectivity index (χ2v) is 8.84. The van der Waals surface area contributed by atoms with E-state index in [-0.39, 0.29) is 27.7 Å². The molecule has 2 aromatic carbocycles. The Morgan fingerprint density at radius 2 is 1.83 bits per heavy atom. The van der Waals surface area contributed by atoms with Crippen molar-refractivity contribution in [1.29, 1.82) is 0 Å². The van der Waals surface area contributed by atoms with Gasteiger partial charge in [0.15, 0.2) is 6.10 Å². The van der Waals surface area contributed by atoms with E-state index in [0.717, 1.165) is 18.3 Å². The third-order valence-corrected chi connectivity index (χ3v) is 5.40. The Labute approximate surface area is 208 Å². The predicted molar refractivity (Wildman–Crippen MR) is 123 cm³/mol. The first-order valence-electron chi connectivity index (χ1n) is 10.5. The molecule has 0 saturated carbocycles. The number of ether oxygens (including phenoxy) is 1. The number of halogens is 6. The van der Waals surface area contributed by atoms with E-state index in [1.54, 1.807) is 0 Å². The first-order chi connectivity index (χ1) is 16.6. The minimum atomic E-state index is -4.80. The second-order valence-electron chi connectivity index (χ2n) is 8.43. The maximum absolute atomic E-state index is 15.1. The number of carbonyl (C=O) groups is 1. The zero-order chi connectivity index (χ0) is 27.0. The summed E-state index contributed by atoms with van der Waals surface area (Å²) in [6, 6.07) is 5.10. The molecule has 0 fully saturated rings. The van der Waals surface area contributed by atoms with Gasteiger partial charge in [-0.2, -0.15) is 13.2 Å². The number of aryl methyl sites for hydroxylation is 1. The number of amides is 1. The first kappa shape index (κ1) is 27.3. The Hall–Kier alpha value is -3.31. The van der Waals surface area contributed by atoms with Crippen molar-refractivity contribution in [3.05, 3.63) is 70.1 Å². The molecular formula is C24H21ClF5N3O3. The molecule has 1 heterocycles. The smallest absolute Gasteiger partial charge is 0.425 e. The molecule has 1 unspecified atom stereocenters. The van der Waals surface area contributed by atoms with E-state index in [4.69, 9.17) is 16.3 Å². The van der Waals surface area contributed by atoms with Gasteiger partial charge in [-0.15, -0.1) is 0 Å². The Morgan fingerprint density at radius 3 is 2.39 bits per heavy atom. The van der Waals surface area contributed by atoms with Crippen LogP contribution in [-0.2, 0) is 5.60 Å². The molecule has 1 amide bonds. The fourth-order valence-electron chi connectivity index (χ4n) is 3.29. The lowest BCUT2D eigenvalue weighted by Gasteiger charge is -2.21. The van der Waals surface area contributed by atoms with Crippen LogP contribution in [0.4, 0.5) is 27.6 Å². The maximum atomic E-state index is 15.1. The molecule has 2 N–H and O–H groups in total. The van der Waals surface area contributed by atoms with Crippen molar-refractivity contribution < 1.29 is 36.6 Å². The van der Waals surface area contributed by atoms with Crippen LogP contribution >= 0.6 is 11.6 Å². The largest absolute Gasteiger partial charge is 0.480 e. The molecule has 12 heteroatoms. The molecule has 0 aliphatic carbocycles. The third-order valence-electron chi connectivity index (χ3n) is 5.08. The number of para-hydroxylation sites is 1. The number of rotatable bonds is 6. The monoisotopic (exact) mass is 529 g/mol. The molecule has 192 valence electrons. The van der Waals surface area contributed by atoms with Gasteiger partial charge in [-0.3, -0.25) is 9.78 Å². The second kappa shape index (κ2) is 9.98. The number of aromatic nitrogens is 2. The minimum absolute atomic E-state index is 0.0772. The summed E-state index contributed by atoms with van der Waals surface area (Å²) >= 11 is 5.90. The highest BCUT2D eigenvalue weighted by Gasteiger charge is 2.39. The summed E-state index contributed by atoms with van der Waals surface area (Å²) in [5.41, 5.74) is -2.34. The Bertz CT molecular complexity index is 1290. The lowest BCUT2D eigenvalue weighted by molar-refractivity contribution is -0.189. The molecule has 36 heavy (non-hydrogen) atoms. The van der Waals surface area contributed by atoms with E-state index in [1.807, 2.05) is 0 Å². The predicted octanol–water partition coefficient (Wildman–Crippen LogP) is 6.19. The molecule has 6 nitrogen and oxygen atoms in total. The van der Waals surface area contributed by atoms with Crippen molar-refractivity contribution in [3.63, 3.8) is 0 Å². The number of nitrogens with zero attached hydrogens (tertiary/aromatic N) is 2. The molecule has 0 saturated heterocycles. The van der Waals surface area contributed by atoms with Gasteiger partial charge in [0.2, 0.25) is 0 Å². The summed E-state index contributed by atoms with van der Waals surface area (Å²) in [6.45, 7) is 5.18. The van der Waals surface area contributed by atoms with Gasteiger partial charge >= 0.3 is 6.18 Å². The molecule has 3 rings (SSSR count). The van der Waals surface area contributed by atoms with Crippen LogP contribution in [0.25, 0.3) is 11.3 Å². The van der Waals surface area contributed by atoms with Gasteiger partial charge in [0, 0.05) is 5.56 Å². The number of anilines is 1. The van der Waals surface area contributed by atoms with E-state index in [1.165, 1.54) is 32.9 Å². The van der Waals surface area contributed by atoms with Crippen LogP contribution in [-0.4, -0.2) is 33.3 Å². The van der Waals surface area contributed by atoms with Crippen molar-refractivity contribution in [2.75, 3.05) is 5.32 Å². The number of alkyl halides is 3. The van der Waals surface area contributed by atoms with Crippen LogP contribution in [0.5, 0.6) is 5.75 Å². The summed E-state index contributed by atoms with van der Waals surface area (Å²) in [7, 11) is 0. The summed E-state index contributed by atoms with van der Waals surface area (Å²) in [5, 5.41) is 12.1. The number of carbonyl (C=O) groups excluding carboxylic acids is 1. The first-order valence-corrected chi connectivity index (χ1v) is 10.9. The number of nitrogens with one attached hydrogen (secondary N) is 1. The van der Waals surface area contributed by atoms with Gasteiger partial charge < -0.3 is 15.2 Å². The van der Waals surface area contributed by atoms with Crippen molar-refractivity contribution in [3.8, 4) is 17.0 Å². The molecule has 0 aliphatic rings. The van der Waals surface area contributed by atoms with E-state index in [2.05, 4.69) is 15.3 Å². The molecular weight excluding hydrogens is 509 g/mol. The van der Waals surface area contributed by atoms with Crippen LogP contribution in [0.3, 0.4) is 0 Å². The van der Waals surface area contributed by atoms with Crippen LogP contribution in [0.15, 0.2) is 36.5 Å². The van der Waals surface area contributed by atoms with Crippen molar-refractivity contribution in [2.24, 2.45) is 0 Å². The quantitative estimate of drug-likeness (QED) is 0.372. The highest BCUT2D eigenvalue weighted by molar-refractivity contribution is 6.34. The van der Waals surface area contributed by atoms with Crippen LogP contribution in [0, 0.1) is 18.6 Å². The molecule has 1 aromatic heterocycles. The number of hydrogen-bond acceptors (Lipinski definition) is 5. The number of benzene rings is 2. The summed E-state index contributed by atoms with van der Waals surface area (Å²) in [6.07, 6.45) is -6.04. The molecule has 0 bridgehead atoms. The van der Waals surface area contributed by atoms with Crippen LogP contribution in [0.1, 0.15) is 42.5 Å². The van der Waals surface area contributed by atoms with Crippen LogP contribution in [0.2, 0.25) is 5.02 Å². The average Bonchev–Trinajstić information content (AvgIpc) is 2.75. The molecule has 3 aromatic rings. The van der Waals surface area contributed by atoms with Gasteiger partial charge in [0.25, 0.3) is 5.91 Å². The normalized spacial score (nSPS) is 12.9. The van der Waals surface area contributed by atoms with E-state index >= 15 is 4.39 Å². The molecule has 0 spiro atoms. The Kier molecular flexibility index (Phi) is 7.56. The van der Waals surface area contributed by atoms with Crippen molar-refractivity contribution in [1.82, 2.24) is 9.97 Å². The molecule has 1 atom stereocenters. The van der Waals surface area contributed by atoms with E-state index in [0.29, 0.717) is 13.0 Å². The Balaban J connectivity index is 2.11. The molecule has 0 radical (unpaired) electrons.